The number of nitrogens with one attached hydrogen (secondary N) is 1. The fourth-order valence-electron chi connectivity index (χ4n) is 4.44. The van der Waals surface area contributed by atoms with Crippen molar-refractivity contribution in [3.8, 4) is 34.1 Å². The Kier molecular flexibility index (Phi) is 10.4. The van der Waals surface area contributed by atoms with Gasteiger partial charge in [-0.2, -0.15) is 0 Å². The zero-order valence-corrected chi connectivity index (χ0v) is 23.2. The lowest BCUT2D eigenvalue weighted by Gasteiger charge is -2.19. The van der Waals surface area contributed by atoms with Crippen molar-refractivity contribution in [3.63, 3.8) is 0 Å². The molecule has 208 valence electrons. The molecule has 40 heavy (non-hydrogen) atoms. The molecule has 4 aromatic carbocycles. The lowest BCUT2D eigenvalue weighted by Crippen LogP contribution is -2.26. The van der Waals surface area contributed by atoms with Crippen LogP contribution in [0.3, 0.4) is 0 Å². The molecule has 0 bridgehead atoms. The quantitative estimate of drug-likeness (QED) is 0.166. The zero-order valence-electron chi connectivity index (χ0n) is 23.2. The molecule has 0 unspecified atom stereocenters. The molecule has 0 saturated heterocycles. The Morgan fingerprint density at radius 2 is 1.57 bits per heavy atom. The van der Waals surface area contributed by atoms with Crippen LogP contribution in [0.1, 0.15) is 47.7 Å². The number of carbonyl (C=O) groups excluding carboxylic acids is 1. The molecule has 0 spiro atoms. The summed E-state index contributed by atoms with van der Waals surface area (Å²) in [5, 5.41) is 13.7. The van der Waals surface area contributed by atoms with Gasteiger partial charge in [0.1, 0.15) is 18.1 Å². The number of benzene rings is 4. The first-order chi connectivity index (χ1) is 19.6. The van der Waals surface area contributed by atoms with Gasteiger partial charge < -0.3 is 24.6 Å². The van der Waals surface area contributed by atoms with E-state index in [9.17, 15) is 9.90 Å². The number of unbranched alkanes of at least 4 members (excludes halogenated alkanes) is 2. The number of amides is 1. The van der Waals surface area contributed by atoms with Crippen molar-refractivity contribution < 1.29 is 24.1 Å². The molecule has 6 nitrogen and oxygen atoms in total. The third-order valence-corrected chi connectivity index (χ3v) is 6.62. The molecule has 4 aromatic rings. The highest BCUT2D eigenvalue weighted by Gasteiger charge is 2.23. The third-order valence-electron chi connectivity index (χ3n) is 6.62. The summed E-state index contributed by atoms with van der Waals surface area (Å²) in [4.78, 5) is 13.4. The van der Waals surface area contributed by atoms with E-state index in [4.69, 9.17) is 14.2 Å². The first kappa shape index (κ1) is 28.6. The molecule has 0 heterocycles. The summed E-state index contributed by atoms with van der Waals surface area (Å²) in [5.41, 5.74) is 3.65. The summed E-state index contributed by atoms with van der Waals surface area (Å²) in [7, 11) is 1.57. The molecule has 6 heteroatoms. The van der Waals surface area contributed by atoms with Crippen LogP contribution in [0.5, 0.6) is 23.0 Å². The standard InChI is InChI=1S/C34H37NO5/c1-3-4-10-23-39-33-31(38-2)20-19-29(32(33)28-13-8-9-14-30(28)36)34(37)35-22-21-25-15-17-27(18-16-25)40-24-26-11-6-5-7-12-26/h5-9,11-20,36H,3-4,10,21-24H2,1-2H3,(H,35,37). The molecule has 4 rings (SSSR count). The number of phenols is 1. The van der Waals surface area contributed by atoms with Gasteiger partial charge in [0.2, 0.25) is 0 Å². The summed E-state index contributed by atoms with van der Waals surface area (Å²) < 4.78 is 17.6. The fourth-order valence-corrected chi connectivity index (χ4v) is 4.44. The summed E-state index contributed by atoms with van der Waals surface area (Å²) in [6, 6.07) is 28.4. The molecule has 2 N–H and O–H groups in total. The van der Waals surface area contributed by atoms with Crippen LogP contribution >= 0.6 is 0 Å². The highest BCUT2D eigenvalue weighted by molar-refractivity contribution is 6.03. The maximum absolute atomic E-state index is 13.4. The van der Waals surface area contributed by atoms with E-state index >= 15 is 0 Å². The Balaban J connectivity index is 1.45. The Morgan fingerprint density at radius 1 is 0.825 bits per heavy atom. The minimum Gasteiger partial charge on any atom is -0.507 e. The van der Waals surface area contributed by atoms with Gasteiger partial charge in [-0.05, 0) is 54.3 Å². The SMILES string of the molecule is CCCCCOc1c(OC)ccc(C(=O)NCCc2ccc(OCc3ccccc3)cc2)c1-c1ccccc1O. The third kappa shape index (κ3) is 7.56. The van der Waals surface area contributed by atoms with Crippen LogP contribution < -0.4 is 19.5 Å². The van der Waals surface area contributed by atoms with Crippen LogP contribution in [0.15, 0.2) is 91.0 Å². The summed E-state index contributed by atoms with van der Waals surface area (Å²) in [5.74, 6) is 1.59. The first-order valence-electron chi connectivity index (χ1n) is 13.8. The molecule has 0 radical (unpaired) electrons. The van der Waals surface area contributed by atoms with E-state index in [0.717, 1.165) is 36.1 Å². The maximum atomic E-state index is 13.4. The highest BCUT2D eigenvalue weighted by Crippen LogP contribution is 2.44. The molecule has 0 atom stereocenters. The topological polar surface area (TPSA) is 77.0 Å². The average molecular weight is 540 g/mol. The Labute approximate surface area is 236 Å². The van der Waals surface area contributed by atoms with Gasteiger partial charge in [0.15, 0.2) is 11.5 Å². The number of rotatable bonds is 14. The van der Waals surface area contributed by atoms with Crippen molar-refractivity contribution in [2.24, 2.45) is 0 Å². The van der Waals surface area contributed by atoms with E-state index in [2.05, 4.69) is 12.2 Å². The van der Waals surface area contributed by atoms with Gasteiger partial charge in [0, 0.05) is 17.7 Å². The van der Waals surface area contributed by atoms with E-state index in [1.807, 2.05) is 60.7 Å². The Morgan fingerprint density at radius 3 is 2.30 bits per heavy atom. The Bertz CT molecular complexity index is 1370. The molecular formula is C34H37NO5. The average Bonchev–Trinajstić information content (AvgIpc) is 2.99. The van der Waals surface area contributed by atoms with Gasteiger partial charge in [0.05, 0.1) is 19.3 Å². The second-order valence-corrected chi connectivity index (χ2v) is 9.52. The molecule has 0 aliphatic carbocycles. The van der Waals surface area contributed by atoms with Crippen molar-refractivity contribution in [1.29, 1.82) is 0 Å². The minimum atomic E-state index is -0.248. The number of para-hydroxylation sites is 1. The highest BCUT2D eigenvalue weighted by atomic mass is 16.5. The van der Waals surface area contributed by atoms with Crippen molar-refractivity contribution in [3.05, 3.63) is 108 Å². The summed E-state index contributed by atoms with van der Waals surface area (Å²) in [6.07, 6.45) is 3.65. The molecular weight excluding hydrogens is 502 g/mol. The van der Waals surface area contributed by atoms with Crippen molar-refractivity contribution >= 4 is 5.91 Å². The monoisotopic (exact) mass is 539 g/mol. The minimum absolute atomic E-state index is 0.0674. The number of carbonyl (C=O) groups is 1. The van der Waals surface area contributed by atoms with Crippen LogP contribution in [-0.2, 0) is 13.0 Å². The first-order valence-corrected chi connectivity index (χ1v) is 13.8. The van der Waals surface area contributed by atoms with Crippen molar-refractivity contribution in [1.82, 2.24) is 5.32 Å². The van der Waals surface area contributed by atoms with E-state index in [-0.39, 0.29) is 11.7 Å². The lowest BCUT2D eigenvalue weighted by molar-refractivity contribution is 0.0954. The van der Waals surface area contributed by atoms with Gasteiger partial charge in [0.25, 0.3) is 5.91 Å². The molecule has 1 amide bonds. The van der Waals surface area contributed by atoms with E-state index in [0.29, 0.717) is 54.4 Å². The molecule has 0 aromatic heterocycles. The van der Waals surface area contributed by atoms with Gasteiger partial charge in [-0.25, -0.2) is 0 Å². The van der Waals surface area contributed by atoms with Crippen molar-refractivity contribution in [2.75, 3.05) is 20.3 Å². The predicted octanol–water partition coefficient (Wildman–Crippen LogP) is 7.19. The van der Waals surface area contributed by atoms with E-state index < -0.39 is 0 Å². The van der Waals surface area contributed by atoms with Crippen LogP contribution in [0.25, 0.3) is 11.1 Å². The molecule has 0 saturated carbocycles. The smallest absolute Gasteiger partial charge is 0.252 e. The number of methoxy groups -OCH3 is 1. The number of ether oxygens (including phenoxy) is 3. The van der Waals surface area contributed by atoms with Crippen LogP contribution in [0, 0.1) is 0 Å². The maximum Gasteiger partial charge on any atom is 0.252 e. The zero-order chi connectivity index (χ0) is 28.2. The second kappa shape index (κ2) is 14.6. The second-order valence-electron chi connectivity index (χ2n) is 9.52. The molecule has 0 fully saturated rings. The number of phenolic OH excluding ortho intramolecular Hbond substituents is 1. The largest absolute Gasteiger partial charge is 0.507 e. The Hall–Kier alpha value is -4.45. The van der Waals surface area contributed by atoms with E-state index in [1.165, 1.54) is 0 Å². The molecule has 0 aliphatic rings. The van der Waals surface area contributed by atoms with Gasteiger partial charge in [-0.1, -0.05) is 80.4 Å². The van der Waals surface area contributed by atoms with Crippen LogP contribution in [0.2, 0.25) is 0 Å². The van der Waals surface area contributed by atoms with Crippen LogP contribution in [-0.4, -0.2) is 31.3 Å². The van der Waals surface area contributed by atoms with Gasteiger partial charge in [-0.3, -0.25) is 4.79 Å². The number of aromatic hydroxyl groups is 1. The number of hydrogen-bond donors (Lipinski definition) is 2. The fraction of sp³-hybridized carbons (Fsp3) is 0.265. The molecule has 0 aliphatic heterocycles. The summed E-state index contributed by atoms with van der Waals surface area (Å²) >= 11 is 0. The van der Waals surface area contributed by atoms with E-state index in [1.54, 1.807) is 37.4 Å². The number of hydrogen-bond acceptors (Lipinski definition) is 5. The van der Waals surface area contributed by atoms with Crippen LogP contribution in [0.4, 0.5) is 0 Å². The normalized spacial score (nSPS) is 10.7. The summed E-state index contributed by atoms with van der Waals surface area (Å²) in [6.45, 7) is 3.58. The predicted molar refractivity (Wildman–Crippen MR) is 158 cm³/mol. The van der Waals surface area contributed by atoms with Crippen molar-refractivity contribution in [2.45, 2.75) is 39.2 Å². The lowest BCUT2D eigenvalue weighted by atomic mass is 9.96. The van der Waals surface area contributed by atoms with Gasteiger partial charge >= 0.3 is 0 Å². The van der Waals surface area contributed by atoms with Gasteiger partial charge in [-0.15, -0.1) is 0 Å².